The van der Waals surface area contributed by atoms with E-state index in [1.165, 1.54) is 25.7 Å². The van der Waals surface area contributed by atoms with Gasteiger partial charge in [-0.2, -0.15) is 0 Å². The molecule has 2 saturated carbocycles. The van der Waals surface area contributed by atoms with Crippen molar-refractivity contribution in [2.75, 3.05) is 12.3 Å². The first kappa shape index (κ1) is 15.3. The van der Waals surface area contributed by atoms with Crippen LogP contribution in [0.4, 0.5) is 5.69 Å². The summed E-state index contributed by atoms with van der Waals surface area (Å²) < 4.78 is 28.6. The molecule has 0 unspecified atom stereocenters. The summed E-state index contributed by atoms with van der Waals surface area (Å²) >= 11 is 3.31. The highest BCUT2D eigenvalue weighted by molar-refractivity contribution is 9.10. The van der Waals surface area contributed by atoms with Crippen LogP contribution < -0.4 is 10.5 Å². The summed E-state index contributed by atoms with van der Waals surface area (Å²) in [5.41, 5.74) is 6.97. The summed E-state index contributed by atoms with van der Waals surface area (Å²) in [5, 5.41) is 0. The lowest BCUT2D eigenvalue weighted by Gasteiger charge is -2.17. The van der Waals surface area contributed by atoms with Crippen LogP contribution in [0.1, 0.15) is 31.2 Å². The van der Waals surface area contributed by atoms with Gasteiger partial charge in [-0.1, -0.05) is 15.9 Å². The molecule has 3 rings (SSSR count). The van der Waals surface area contributed by atoms with E-state index in [0.717, 1.165) is 11.8 Å². The normalized spacial score (nSPS) is 19.2. The van der Waals surface area contributed by atoms with Gasteiger partial charge in [-0.25, -0.2) is 13.1 Å². The van der Waals surface area contributed by atoms with Crippen molar-refractivity contribution in [2.24, 2.45) is 17.8 Å². The molecule has 6 heteroatoms. The number of anilines is 1. The number of benzene rings is 1. The minimum atomic E-state index is -3.50. The van der Waals surface area contributed by atoms with E-state index in [4.69, 9.17) is 5.73 Å². The number of nitrogens with one attached hydrogen (secondary N) is 1. The lowest BCUT2D eigenvalue weighted by molar-refractivity contribution is 0.401. The minimum Gasteiger partial charge on any atom is -0.398 e. The molecule has 1 aromatic carbocycles. The molecule has 0 aliphatic heterocycles. The van der Waals surface area contributed by atoms with Crippen molar-refractivity contribution in [3.05, 3.63) is 22.2 Å². The molecule has 0 atom stereocenters. The maximum atomic E-state index is 12.6. The van der Waals surface area contributed by atoms with Gasteiger partial charge in [0.15, 0.2) is 0 Å². The van der Waals surface area contributed by atoms with E-state index < -0.39 is 10.0 Å². The third-order valence-corrected chi connectivity index (χ3v) is 6.63. The Kier molecular flexibility index (Phi) is 4.05. The second-order valence-electron chi connectivity index (χ2n) is 6.31. The van der Waals surface area contributed by atoms with E-state index in [2.05, 4.69) is 20.7 Å². The fraction of sp³-hybridized carbons (Fsp3) is 0.600. The van der Waals surface area contributed by atoms with E-state index in [0.29, 0.717) is 28.2 Å². The van der Waals surface area contributed by atoms with E-state index >= 15 is 0 Å². The molecule has 0 amide bonds. The number of nitrogens with two attached hydrogens (primary N) is 1. The van der Waals surface area contributed by atoms with Crippen molar-refractivity contribution < 1.29 is 8.42 Å². The van der Waals surface area contributed by atoms with Gasteiger partial charge in [-0.3, -0.25) is 0 Å². The van der Waals surface area contributed by atoms with E-state index in [9.17, 15) is 8.42 Å². The quantitative estimate of drug-likeness (QED) is 0.753. The summed E-state index contributed by atoms with van der Waals surface area (Å²) in [6, 6.07) is 3.35. The standard InChI is InChI=1S/C15H21BrN2O2S/c1-9-14(17)6-12(16)7-15(9)21(19,20)18-8-13(10-2-3-10)11-4-5-11/h6-7,10-11,13,18H,2-5,8,17H2,1H3. The highest BCUT2D eigenvalue weighted by atomic mass is 79.9. The number of nitrogen functional groups attached to an aromatic ring is 1. The van der Waals surface area contributed by atoms with Crippen LogP contribution >= 0.6 is 15.9 Å². The molecule has 4 nitrogen and oxygen atoms in total. The maximum Gasteiger partial charge on any atom is 0.240 e. The van der Waals surface area contributed by atoms with Gasteiger partial charge in [0.2, 0.25) is 10.0 Å². The van der Waals surface area contributed by atoms with Gasteiger partial charge in [0.05, 0.1) is 4.90 Å². The SMILES string of the molecule is Cc1c(N)cc(Br)cc1S(=O)(=O)NCC(C1CC1)C1CC1. The summed E-state index contributed by atoms with van der Waals surface area (Å²) in [6.45, 7) is 2.30. The first-order valence-corrected chi connectivity index (χ1v) is 9.71. The first-order valence-electron chi connectivity index (χ1n) is 7.44. The van der Waals surface area contributed by atoms with E-state index in [-0.39, 0.29) is 4.90 Å². The van der Waals surface area contributed by atoms with Gasteiger partial charge in [0.25, 0.3) is 0 Å². The Morgan fingerprint density at radius 2 is 1.86 bits per heavy atom. The molecule has 1 aromatic rings. The van der Waals surface area contributed by atoms with Crippen molar-refractivity contribution >= 4 is 31.6 Å². The van der Waals surface area contributed by atoms with Gasteiger partial charge >= 0.3 is 0 Å². The lowest BCUT2D eigenvalue weighted by Crippen LogP contribution is -2.31. The fourth-order valence-corrected chi connectivity index (χ4v) is 5.00. The summed E-state index contributed by atoms with van der Waals surface area (Å²) in [7, 11) is -3.50. The zero-order valence-corrected chi connectivity index (χ0v) is 14.5. The number of hydrogen-bond donors (Lipinski definition) is 2. The number of sulfonamides is 1. The molecule has 0 radical (unpaired) electrons. The monoisotopic (exact) mass is 372 g/mol. The predicted molar refractivity (Wildman–Crippen MR) is 87.4 cm³/mol. The molecule has 2 aliphatic carbocycles. The smallest absolute Gasteiger partial charge is 0.240 e. The topological polar surface area (TPSA) is 72.2 Å². The van der Waals surface area contributed by atoms with Crippen LogP contribution in [0.25, 0.3) is 0 Å². The van der Waals surface area contributed by atoms with E-state index in [1.807, 2.05) is 0 Å². The van der Waals surface area contributed by atoms with Gasteiger partial charge < -0.3 is 5.73 Å². The number of hydrogen-bond acceptors (Lipinski definition) is 3. The average molecular weight is 373 g/mol. The van der Waals surface area contributed by atoms with Crippen LogP contribution in [0.5, 0.6) is 0 Å². The predicted octanol–water partition coefficient (Wildman–Crippen LogP) is 3.05. The highest BCUT2D eigenvalue weighted by Crippen LogP contribution is 2.48. The Morgan fingerprint density at radius 3 is 2.38 bits per heavy atom. The molecule has 0 heterocycles. The summed E-state index contributed by atoms with van der Waals surface area (Å²) in [6.07, 6.45) is 5.02. The van der Waals surface area contributed by atoms with Crippen LogP contribution in [0.2, 0.25) is 0 Å². The van der Waals surface area contributed by atoms with Crippen molar-refractivity contribution in [2.45, 2.75) is 37.5 Å². The average Bonchev–Trinajstić information content (AvgIpc) is 3.25. The highest BCUT2D eigenvalue weighted by Gasteiger charge is 2.41. The Labute approximate surface area is 134 Å². The molecular weight excluding hydrogens is 352 g/mol. The molecule has 2 aliphatic rings. The molecule has 21 heavy (non-hydrogen) atoms. The Morgan fingerprint density at radius 1 is 1.29 bits per heavy atom. The Hall–Kier alpha value is -0.590. The summed E-state index contributed by atoms with van der Waals surface area (Å²) in [4.78, 5) is 0.278. The number of halogens is 1. The maximum absolute atomic E-state index is 12.6. The molecule has 116 valence electrons. The van der Waals surface area contributed by atoms with Crippen molar-refractivity contribution in [3.63, 3.8) is 0 Å². The second kappa shape index (κ2) is 5.56. The minimum absolute atomic E-state index is 0.278. The molecule has 0 saturated heterocycles. The molecule has 2 fully saturated rings. The van der Waals surface area contributed by atoms with Crippen LogP contribution in [-0.4, -0.2) is 15.0 Å². The van der Waals surface area contributed by atoms with Gasteiger partial charge in [0.1, 0.15) is 0 Å². The molecule has 0 bridgehead atoms. The van der Waals surface area contributed by atoms with Gasteiger partial charge in [-0.15, -0.1) is 0 Å². The zero-order valence-electron chi connectivity index (χ0n) is 12.1. The van der Waals surface area contributed by atoms with Crippen LogP contribution in [0, 0.1) is 24.7 Å². The molecule has 0 aromatic heterocycles. The zero-order chi connectivity index (χ0) is 15.2. The first-order chi connectivity index (χ1) is 9.88. The lowest BCUT2D eigenvalue weighted by atomic mass is 9.99. The van der Waals surface area contributed by atoms with Crippen molar-refractivity contribution in [1.82, 2.24) is 4.72 Å². The Balaban J connectivity index is 1.77. The third kappa shape index (κ3) is 3.43. The summed E-state index contributed by atoms with van der Waals surface area (Å²) in [5.74, 6) is 1.98. The van der Waals surface area contributed by atoms with E-state index in [1.54, 1.807) is 19.1 Å². The molecular formula is C15H21BrN2O2S. The van der Waals surface area contributed by atoms with Crippen LogP contribution in [-0.2, 0) is 10.0 Å². The second-order valence-corrected chi connectivity index (χ2v) is 8.96. The van der Waals surface area contributed by atoms with Gasteiger partial charge in [0, 0.05) is 16.7 Å². The van der Waals surface area contributed by atoms with Gasteiger partial charge in [-0.05, 0) is 68.1 Å². The fourth-order valence-electron chi connectivity index (χ4n) is 3.00. The third-order valence-electron chi connectivity index (χ3n) is 4.62. The van der Waals surface area contributed by atoms with Crippen molar-refractivity contribution in [1.29, 1.82) is 0 Å². The number of rotatable bonds is 6. The molecule has 3 N–H and O–H groups in total. The van der Waals surface area contributed by atoms with Crippen LogP contribution in [0.3, 0.4) is 0 Å². The molecule has 0 spiro atoms. The van der Waals surface area contributed by atoms with Crippen molar-refractivity contribution in [3.8, 4) is 0 Å². The Bertz CT molecular complexity index is 640. The van der Waals surface area contributed by atoms with Crippen LogP contribution in [0.15, 0.2) is 21.5 Å². The largest absolute Gasteiger partial charge is 0.398 e.